The molecule has 1 N–H and O–H groups in total. The number of nitrogens with one attached hydrogen (secondary N) is 1. The number of nitrogens with zero attached hydrogens (tertiary/aromatic N) is 1. The number of aryl methyl sites for hydroxylation is 1. The van der Waals surface area contributed by atoms with E-state index in [1.165, 1.54) is 12.1 Å². The lowest BCUT2D eigenvalue weighted by Gasteiger charge is -2.11. The molecule has 0 atom stereocenters. The molecule has 2 aromatic rings. The van der Waals surface area contributed by atoms with Crippen LogP contribution in [0.2, 0.25) is 0 Å². The largest absolute Gasteiger partial charge is 0.493 e. The Morgan fingerprint density at radius 3 is 2.35 bits per heavy atom. The first-order valence-corrected chi connectivity index (χ1v) is 7.33. The van der Waals surface area contributed by atoms with Gasteiger partial charge < -0.3 is 14.8 Å². The second-order valence-electron chi connectivity index (χ2n) is 5.02. The van der Waals surface area contributed by atoms with E-state index < -0.39 is 0 Å². The predicted molar refractivity (Wildman–Crippen MR) is 89.5 cm³/mol. The Bertz CT molecular complexity index is 656. The van der Waals surface area contributed by atoms with E-state index >= 15 is 0 Å². The molecule has 2 rings (SSSR count). The van der Waals surface area contributed by atoms with Crippen molar-refractivity contribution in [1.82, 2.24) is 0 Å². The monoisotopic (exact) mass is 316 g/mol. The van der Waals surface area contributed by atoms with Gasteiger partial charge in [0.2, 0.25) is 0 Å². The summed E-state index contributed by atoms with van der Waals surface area (Å²) in [6, 6.07) is 12.4. The summed E-state index contributed by atoms with van der Waals surface area (Å²) in [6.45, 7) is 0.798. The molecule has 0 saturated carbocycles. The van der Waals surface area contributed by atoms with E-state index in [0.29, 0.717) is 11.5 Å². The van der Waals surface area contributed by atoms with Crippen LogP contribution in [0.15, 0.2) is 42.5 Å². The van der Waals surface area contributed by atoms with Gasteiger partial charge in [0, 0.05) is 30.4 Å². The number of hydrogen-bond acceptors (Lipinski definition) is 5. The number of nitro groups is 1. The molecule has 0 saturated heterocycles. The molecule has 0 heterocycles. The van der Waals surface area contributed by atoms with E-state index in [0.717, 1.165) is 30.6 Å². The number of anilines is 1. The number of hydrogen-bond donors (Lipinski definition) is 1. The zero-order valence-electron chi connectivity index (χ0n) is 13.2. The van der Waals surface area contributed by atoms with Gasteiger partial charge in [-0.1, -0.05) is 12.1 Å². The smallest absolute Gasteiger partial charge is 0.269 e. The lowest BCUT2D eigenvalue weighted by atomic mass is 10.1. The number of nitro benzene ring substituents is 1. The van der Waals surface area contributed by atoms with Crippen molar-refractivity contribution in [3.8, 4) is 11.5 Å². The highest BCUT2D eigenvalue weighted by Gasteiger charge is 2.05. The number of benzene rings is 2. The zero-order chi connectivity index (χ0) is 16.7. The van der Waals surface area contributed by atoms with Crippen LogP contribution in [0.4, 0.5) is 11.4 Å². The lowest BCUT2D eigenvalue weighted by molar-refractivity contribution is -0.384. The van der Waals surface area contributed by atoms with Gasteiger partial charge in [-0.25, -0.2) is 0 Å². The molecule has 0 unspecified atom stereocenters. The lowest BCUT2D eigenvalue weighted by Crippen LogP contribution is -2.03. The van der Waals surface area contributed by atoms with Crippen molar-refractivity contribution in [1.29, 1.82) is 0 Å². The molecule has 0 aliphatic carbocycles. The second kappa shape index (κ2) is 8.03. The quantitative estimate of drug-likeness (QED) is 0.457. The first-order chi connectivity index (χ1) is 11.1. The van der Waals surface area contributed by atoms with E-state index in [2.05, 4.69) is 5.32 Å². The molecule has 6 nitrogen and oxygen atoms in total. The summed E-state index contributed by atoms with van der Waals surface area (Å²) >= 11 is 0. The van der Waals surface area contributed by atoms with Crippen molar-refractivity contribution < 1.29 is 14.4 Å². The average Bonchev–Trinajstić information content (AvgIpc) is 2.58. The standard InChI is InChI=1S/C17H20N2O4/c1-22-16-10-7-14(12-17(16)23-2)18-11-3-4-13-5-8-15(9-6-13)19(20)21/h5-10,12,18H,3-4,11H2,1-2H3. The third kappa shape index (κ3) is 4.60. The fourth-order valence-corrected chi connectivity index (χ4v) is 2.26. The SMILES string of the molecule is COc1ccc(NCCCc2ccc([N+](=O)[O-])cc2)cc1OC. The van der Waals surface area contributed by atoms with Crippen LogP contribution in [0.5, 0.6) is 11.5 Å². The van der Waals surface area contributed by atoms with Crippen LogP contribution in [0.25, 0.3) is 0 Å². The van der Waals surface area contributed by atoms with Crippen molar-refractivity contribution in [2.45, 2.75) is 12.8 Å². The molecule has 0 aromatic heterocycles. The minimum Gasteiger partial charge on any atom is -0.493 e. The van der Waals surface area contributed by atoms with Crippen molar-refractivity contribution in [3.63, 3.8) is 0 Å². The van der Waals surface area contributed by atoms with Crippen molar-refractivity contribution in [2.24, 2.45) is 0 Å². The molecule has 23 heavy (non-hydrogen) atoms. The number of methoxy groups -OCH3 is 2. The first kappa shape index (κ1) is 16.6. The van der Waals surface area contributed by atoms with E-state index in [4.69, 9.17) is 9.47 Å². The minimum atomic E-state index is -0.387. The van der Waals surface area contributed by atoms with Crippen LogP contribution >= 0.6 is 0 Å². The van der Waals surface area contributed by atoms with Crippen molar-refractivity contribution in [2.75, 3.05) is 26.1 Å². The van der Waals surface area contributed by atoms with Crippen LogP contribution in [0.1, 0.15) is 12.0 Å². The highest BCUT2D eigenvalue weighted by Crippen LogP contribution is 2.29. The number of ether oxygens (including phenoxy) is 2. The maximum absolute atomic E-state index is 10.6. The van der Waals surface area contributed by atoms with Gasteiger partial charge in [-0.05, 0) is 30.5 Å². The van der Waals surface area contributed by atoms with Gasteiger partial charge in [-0.15, -0.1) is 0 Å². The Labute approximate surface area is 135 Å². The highest BCUT2D eigenvalue weighted by molar-refractivity contribution is 5.54. The summed E-state index contributed by atoms with van der Waals surface area (Å²) in [5.41, 5.74) is 2.17. The molecule has 0 aliphatic heterocycles. The molecule has 0 fully saturated rings. The summed E-state index contributed by atoms with van der Waals surface area (Å²) in [5.74, 6) is 1.39. The van der Waals surface area contributed by atoms with Gasteiger partial charge in [-0.2, -0.15) is 0 Å². The van der Waals surface area contributed by atoms with Gasteiger partial charge in [0.15, 0.2) is 11.5 Å². The topological polar surface area (TPSA) is 73.6 Å². The van der Waals surface area contributed by atoms with Crippen molar-refractivity contribution in [3.05, 3.63) is 58.1 Å². The molecule has 0 bridgehead atoms. The maximum Gasteiger partial charge on any atom is 0.269 e. The molecule has 0 aliphatic rings. The summed E-state index contributed by atoms with van der Waals surface area (Å²) in [7, 11) is 3.21. The Kier molecular flexibility index (Phi) is 5.80. The Balaban J connectivity index is 1.82. The second-order valence-corrected chi connectivity index (χ2v) is 5.02. The van der Waals surface area contributed by atoms with Gasteiger partial charge in [-0.3, -0.25) is 10.1 Å². The average molecular weight is 316 g/mol. The van der Waals surface area contributed by atoms with Crippen LogP contribution < -0.4 is 14.8 Å². The van der Waals surface area contributed by atoms with Gasteiger partial charge >= 0.3 is 0 Å². The van der Waals surface area contributed by atoms with E-state index in [1.54, 1.807) is 26.4 Å². The fraction of sp³-hybridized carbons (Fsp3) is 0.294. The maximum atomic E-state index is 10.6. The third-order valence-electron chi connectivity index (χ3n) is 3.50. The summed E-state index contributed by atoms with van der Waals surface area (Å²) in [5, 5.41) is 13.9. The first-order valence-electron chi connectivity index (χ1n) is 7.33. The Morgan fingerprint density at radius 2 is 1.74 bits per heavy atom. The number of non-ortho nitro benzene ring substituents is 1. The van der Waals surface area contributed by atoms with E-state index in [1.807, 2.05) is 18.2 Å². The summed E-state index contributed by atoms with van der Waals surface area (Å²) in [4.78, 5) is 10.2. The molecule has 0 spiro atoms. The molecule has 0 amide bonds. The van der Waals surface area contributed by atoms with Gasteiger partial charge in [0.05, 0.1) is 19.1 Å². The molecular weight excluding hydrogens is 296 g/mol. The van der Waals surface area contributed by atoms with Gasteiger partial charge in [0.1, 0.15) is 0 Å². The van der Waals surface area contributed by atoms with E-state index in [-0.39, 0.29) is 10.6 Å². The zero-order valence-corrected chi connectivity index (χ0v) is 13.2. The van der Waals surface area contributed by atoms with Crippen LogP contribution in [0, 0.1) is 10.1 Å². The molecule has 2 aromatic carbocycles. The van der Waals surface area contributed by atoms with Crippen LogP contribution in [-0.2, 0) is 6.42 Å². The predicted octanol–water partition coefficient (Wildman–Crippen LogP) is 3.66. The molecule has 0 radical (unpaired) electrons. The molecular formula is C17H20N2O4. The normalized spacial score (nSPS) is 10.2. The fourth-order valence-electron chi connectivity index (χ4n) is 2.26. The molecule has 6 heteroatoms. The number of rotatable bonds is 8. The molecule has 122 valence electrons. The van der Waals surface area contributed by atoms with E-state index in [9.17, 15) is 10.1 Å². The van der Waals surface area contributed by atoms with Crippen LogP contribution in [-0.4, -0.2) is 25.7 Å². The van der Waals surface area contributed by atoms with Crippen molar-refractivity contribution >= 4 is 11.4 Å². The van der Waals surface area contributed by atoms with Crippen LogP contribution in [0.3, 0.4) is 0 Å². The highest BCUT2D eigenvalue weighted by atomic mass is 16.6. The Hall–Kier alpha value is -2.76. The third-order valence-corrected chi connectivity index (χ3v) is 3.50. The minimum absolute atomic E-state index is 0.122. The van der Waals surface area contributed by atoms with Gasteiger partial charge in [0.25, 0.3) is 5.69 Å². The summed E-state index contributed by atoms with van der Waals surface area (Å²) in [6.07, 6.45) is 1.78. The summed E-state index contributed by atoms with van der Waals surface area (Å²) < 4.78 is 10.5. The Morgan fingerprint density at radius 1 is 1.04 bits per heavy atom.